The van der Waals surface area contributed by atoms with Crippen LogP contribution in [0.5, 0.6) is 0 Å². The van der Waals surface area contributed by atoms with E-state index < -0.39 is 0 Å². The summed E-state index contributed by atoms with van der Waals surface area (Å²) in [5.41, 5.74) is 2.38. The van der Waals surface area contributed by atoms with Crippen molar-refractivity contribution in [3.8, 4) is 12.3 Å². The van der Waals surface area contributed by atoms with Crippen LogP contribution in [-0.4, -0.2) is 25.0 Å². The second kappa shape index (κ2) is 13.5. The molecule has 0 N–H and O–H groups in total. The highest BCUT2D eigenvalue weighted by molar-refractivity contribution is 5.27. The molecular formula is C17H27N. The van der Waals surface area contributed by atoms with Gasteiger partial charge in [0.25, 0.3) is 0 Å². The smallest absolute Gasteiger partial charge is 0.0599 e. The minimum atomic E-state index is 0.656. The van der Waals surface area contributed by atoms with E-state index in [1.807, 2.05) is 40.0 Å². The van der Waals surface area contributed by atoms with Gasteiger partial charge >= 0.3 is 0 Å². The van der Waals surface area contributed by atoms with E-state index in [9.17, 15) is 0 Å². The first-order valence-corrected chi connectivity index (χ1v) is 6.37. The Morgan fingerprint density at radius 3 is 2.44 bits per heavy atom. The van der Waals surface area contributed by atoms with Crippen molar-refractivity contribution in [2.24, 2.45) is 0 Å². The topological polar surface area (TPSA) is 3.24 Å². The highest BCUT2D eigenvalue weighted by atomic mass is 15.1. The molecule has 0 bridgehead atoms. The van der Waals surface area contributed by atoms with Gasteiger partial charge in [0.2, 0.25) is 0 Å². The Kier molecular flexibility index (Phi) is 14.2. The van der Waals surface area contributed by atoms with Gasteiger partial charge in [0.1, 0.15) is 0 Å². The zero-order chi connectivity index (χ0) is 14.4. The number of likely N-dealkylation sites (N-methyl/N-ethyl adjacent to an activating group) is 1. The molecule has 0 spiro atoms. The SMILES string of the molecule is C#CCN(C)CC(=C)CC(/C=C\C)=C/C=C.CC. The van der Waals surface area contributed by atoms with E-state index in [1.165, 1.54) is 5.57 Å². The Bertz CT molecular complexity index is 326. The molecule has 0 aliphatic heterocycles. The molecular weight excluding hydrogens is 218 g/mol. The highest BCUT2D eigenvalue weighted by Gasteiger charge is 2.01. The van der Waals surface area contributed by atoms with Gasteiger partial charge in [0.15, 0.2) is 0 Å². The molecule has 0 aromatic carbocycles. The van der Waals surface area contributed by atoms with Crippen LogP contribution < -0.4 is 0 Å². The third-order valence-electron chi connectivity index (χ3n) is 2.02. The summed E-state index contributed by atoms with van der Waals surface area (Å²) in [7, 11) is 2.00. The molecule has 1 nitrogen and oxygen atoms in total. The fourth-order valence-electron chi connectivity index (χ4n) is 1.48. The van der Waals surface area contributed by atoms with Gasteiger partial charge in [0.05, 0.1) is 6.54 Å². The average molecular weight is 245 g/mol. The van der Waals surface area contributed by atoms with Gasteiger partial charge < -0.3 is 0 Å². The average Bonchev–Trinajstić information content (AvgIpc) is 2.32. The van der Waals surface area contributed by atoms with Gasteiger partial charge in [-0.1, -0.05) is 62.8 Å². The molecule has 0 saturated carbocycles. The molecule has 18 heavy (non-hydrogen) atoms. The van der Waals surface area contributed by atoms with Crippen LogP contribution in [-0.2, 0) is 0 Å². The Morgan fingerprint density at radius 2 is 2.00 bits per heavy atom. The van der Waals surface area contributed by atoms with E-state index in [2.05, 4.69) is 30.1 Å². The summed E-state index contributed by atoms with van der Waals surface area (Å²) in [5.74, 6) is 2.62. The minimum absolute atomic E-state index is 0.656. The van der Waals surface area contributed by atoms with Crippen molar-refractivity contribution in [2.45, 2.75) is 27.2 Å². The molecule has 0 aromatic rings. The third-order valence-corrected chi connectivity index (χ3v) is 2.02. The predicted molar refractivity (Wildman–Crippen MR) is 84.5 cm³/mol. The van der Waals surface area contributed by atoms with Gasteiger partial charge in [-0.15, -0.1) is 6.42 Å². The summed E-state index contributed by atoms with van der Waals surface area (Å²) in [6, 6.07) is 0. The maximum atomic E-state index is 5.24. The van der Waals surface area contributed by atoms with Crippen LogP contribution in [0, 0.1) is 12.3 Å². The molecule has 0 atom stereocenters. The first-order chi connectivity index (χ1) is 8.63. The number of terminal acetylenes is 1. The summed E-state index contributed by atoms with van der Waals surface area (Å²) < 4.78 is 0. The van der Waals surface area contributed by atoms with Gasteiger partial charge in [-0.2, -0.15) is 0 Å². The van der Waals surface area contributed by atoms with Crippen molar-refractivity contribution in [3.05, 3.63) is 48.6 Å². The fourth-order valence-corrected chi connectivity index (χ4v) is 1.48. The van der Waals surface area contributed by atoms with E-state index in [-0.39, 0.29) is 0 Å². The summed E-state index contributed by atoms with van der Waals surface area (Å²) in [5, 5.41) is 0. The predicted octanol–water partition coefficient (Wildman–Crippen LogP) is 4.21. The molecule has 0 heterocycles. The first kappa shape index (κ1) is 18.8. The van der Waals surface area contributed by atoms with Gasteiger partial charge in [-0.25, -0.2) is 0 Å². The number of hydrogen-bond acceptors (Lipinski definition) is 1. The van der Waals surface area contributed by atoms with Crippen LogP contribution in [0.15, 0.2) is 48.6 Å². The van der Waals surface area contributed by atoms with E-state index in [0.717, 1.165) is 18.5 Å². The first-order valence-electron chi connectivity index (χ1n) is 6.37. The molecule has 0 aromatic heterocycles. The molecule has 0 rings (SSSR count). The molecule has 0 aliphatic carbocycles. The van der Waals surface area contributed by atoms with Crippen molar-refractivity contribution in [1.29, 1.82) is 0 Å². The fraction of sp³-hybridized carbons (Fsp3) is 0.412. The zero-order valence-corrected chi connectivity index (χ0v) is 12.4. The van der Waals surface area contributed by atoms with Gasteiger partial charge in [-0.3, -0.25) is 4.90 Å². The number of rotatable bonds is 7. The van der Waals surface area contributed by atoms with Crippen molar-refractivity contribution >= 4 is 0 Å². The van der Waals surface area contributed by atoms with Crippen LogP contribution in [0.1, 0.15) is 27.2 Å². The van der Waals surface area contributed by atoms with E-state index in [4.69, 9.17) is 6.42 Å². The lowest BCUT2D eigenvalue weighted by molar-refractivity contribution is 0.407. The number of nitrogens with zero attached hydrogens (tertiary/aromatic N) is 1. The number of hydrogen-bond donors (Lipinski definition) is 0. The van der Waals surface area contributed by atoms with Crippen LogP contribution in [0.3, 0.4) is 0 Å². The molecule has 0 fully saturated rings. The van der Waals surface area contributed by atoms with Crippen LogP contribution in [0.2, 0.25) is 0 Å². The van der Waals surface area contributed by atoms with Gasteiger partial charge in [0, 0.05) is 6.54 Å². The molecule has 0 amide bonds. The lowest BCUT2D eigenvalue weighted by Gasteiger charge is -2.15. The normalized spacial score (nSPS) is 10.8. The lowest BCUT2D eigenvalue weighted by atomic mass is 10.1. The van der Waals surface area contributed by atoms with Crippen LogP contribution in [0.4, 0.5) is 0 Å². The van der Waals surface area contributed by atoms with Gasteiger partial charge in [-0.05, 0) is 26.0 Å². The van der Waals surface area contributed by atoms with Crippen molar-refractivity contribution < 1.29 is 0 Å². The van der Waals surface area contributed by atoms with Crippen LogP contribution >= 0.6 is 0 Å². The third kappa shape index (κ3) is 11.0. The quantitative estimate of drug-likeness (QED) is 0.369. The molecule has 100 valence electrons. The maximum absolute atomic E-state index is 5.24. The molecule has 0 radical (unpaired) electrons. The maximum Gasteiger partial charge on any atom is 0.0599 e. The molecule has 0 saturated heterocycles. The Morgan fingerprint density at radius 1 is 1.39 bits per heavy atom. The summed E-state index contributed by atoms with van der Waals surface area (Å²) in [6.07, 6.45) is 14.0. The lowest BCUT2D eigenvalue weighted by Crippen LogP contribution is -2.21. The minimum Gasteiger partial charge on any atom is -0.291 e. The Hall–Kier alpha value is -1.52. The molecule has 1 heteroatoms. The van der Waals surface area contributed by atoms with Crippen molar-refractivity contribution in [3.63, 3.8) is 0 Å². The highest BCUT2D eigenvalue weighted by Crippen LogP contribution is 2.12. The summed E-state index contributed by atoms with van der Waals surface area (Å²) in [4.78, 5) is 2.07. The van der Waals surface area contributed by atoms with Crippen LogP contribution in [0.25, 0.3) is 0 Å². The Balaban J connectivity index is 0. The van der Waals surface area contributed by atoms with E-state index in [0.29, 0.717) is 6.54 Å². The van der Waals surface area contributed by atoms with Crippen molar-refractivity contribution in [2.75, 3.05) is 20.1 Å². The number of allylic oxidation sites excluding steroid dienone is 5. The van der Waals surface area contributed by atoms with E-state index in [1.54, 1.807) is 6.08 Å². The Labute approximate surface area is 114 Å². The monoisotopic (exact) mass is 245 g/mol. The largest absolute Gasteiger partial charge is 0.291 e. The standard InChI is InChI=1S/C15H21N.C2H6/c1-6-9-15(10-7-2)12-14(4)13-16(5)11-8-3;1-2/h3,6-7,9-10H,1,4,11-13H2,2,5H3;1-2H3/b10-7-,15-9+;. The molecule has 0 unspecified atom stereocenters. The summed E-state index contributed by atoms with van der Waals surface area (Å²) in [6.45, 7) is 15.3. The summed E-state index contributed by atoms with van der Waals surface area (Å²) >= 11 is 0. The second-order valence-electron chi connectivity index (χ2n) is 3.78. The zero-order valence-electron chi connectivity index (χ0n) is 12.4. The molecule has 0 aliphatic rings. The second-order valence-corrected chi connectivity index (χ2v) is 3.78. The van der Waals surface area contributed by atoms with E-state index >= 15 is 0 Å². The van der Waals surface area contributed by atoms with Crippen molar-refractivity contribution in [1.82, 2.24) is 4.90 Å².